The topological polar surface area (TPSA) is 57.2 Å². The van der Waals surface area contributed by atoms with E-state index in [0.717, 1.165) is 12.8 Å². The van der Waals surface area contributed by atoms with Crippen molar-refractivity contribution in [2.45, 2.75) is 116 Å². The molecular weight excluding hydrogens is 308 g/mol. The van der Waals surface area contributed by atoms with Gasteiger partial charge >= 0.3 is 0 Å². The molecule has 0 heterocycles. The zero-order chi connectivity index (χ0) is 17.2. The Labute approximate surface area is 145 Å². The molecule has 0 saturated heterocycles. The lowest BCUT2D eigenvalue weighted by Gasteiger charge is -2.06. The highest BCUT2D eigenvalue weighted by atomic mass is 32.2. The van der Waals surface area contributed by atoms with Gasteiger partial charge in [-0.3, -0.25) is 0 Å². The van der Waals surface area contributed by atoms with Gasteiger partial charge in [0.05, 0.1) is 10.1 Å². The predicted molar refractivity (Wildman–Crippen MR) is 98.7 cm³/mol. The van der Waals surface area contributed by atoms with Gasteiger partial charge in [-0.2, -0.15) is 0 Å². The van der Waals surface area contributed by atoms with E-state index in [1.807, 2.05) is 0 Å². The number of hydrogen-bond acceptors (Lipinski definition) is 3. The molecule has 0 saturated carbocycles. The van der Waals surface area contributed by atoms with Crippen LogP contribution >= 0.6 is 0 Å². The third-order valence-electron chi connectivity index (χ3n) is 4.50. The minimum atomic E-state index is -3.99. The molecule has 0 N–H and O–H groups in total. The summed E-state index contributed by atoms with van der Waals surface area (Å²) in [5.41, 5.74) is 0. The molecule has 0 aromatic rings. The number of rotatable bonds is 18. The van der Waals surface area contributed by atoms with Crippen molar-refractivity contribution in [2.75, 3.05) is 5.75 Å². The maximum Gasteiger partial charge on any atom is 0.0945 e. The Hall–Kier alpha value is -0.0900. The van der Waals surface area contributed by atoms with Crippen LogP contribution in [0.1, 0.15) is 116 Å². The second kappa shape index (κ2) is 16.8. The normalized spacial score (nSPS) is 11.9. The molecule has 23 heavy (non-hydrogen) atoms. The van der Waals surface area contributed by atoms with Crippen LogP contribution < -0.4 is 0 Å². The van der Waals surface area contributed by atoms with E-state index in [1.54, 1.807) is 0 Å². The SMILES string of the molecule is CCCCCCCCCCCCCCCCCCCS(=O)(=O)[O-]. The van der Waals surface area contributed by atoms with Crippen LogP contribution in [0, 0.1) is 0 Å². The molecule has 0 atom stereocenters. The molecule has 0 bridgehead atoms. The second-order valence-corrected chi connectivity index (χ2v) is 8.44. The summed E-state index contributed by atoms with van der Waals surface area (Å²) in [4.78, 5) is 0. The smallest absolute Gasteiger partial charge is 0.0945 e. The molecule has 0 aliphatic rings. The van der Waals surface area contributed by atoms with Crippen LogP contribution in [0.25, 0.3) is 0 Å². The Morgan fingerprint density at radius 1 is 0.522 bits per heavy atom. The average molecular weight is 348 g/mol. The Morgan fingerprint density at radius 2 is 0.783 bits per heavy atom. The predicted octanol–water partition coefficient (Wildman–Crippen LogP) is 6.18. The van der Waals surface area contributed by atoms with Crippen molar-refractivity contribution in [3.63, 3.8) is 0 Å². The fourth-order valence-electron chi connectivity index (χ4n) is 3.00. The lowest BCUT2D eigenvalue weighted by molar-refractivity contribution is 0.459. The molecule has 0 aromatic heterocycles. The van der Waals surface area contributed by atoms with Gasteiger partial charge < -0.3 is 4.55 Å². The van der Waals surface area contributed by atoms with Gasteiger partial charge in [-0.25, -0.2) is 8.42 Å². The fourth-order valence-corrected chi connectivity index (χ4v) is 3.56. The van der Waals surface area contributed by atoms with Gasteiger partial charge in [0.25, 0.3) is 0 Å². The summed E-state index contributed by atoms with van der Waals surface area (Å²) in [5, 5.41) is 0. The quantitative estimate of drug-likeness (QED) is 0.219. The first kappa shape index (κ1) is 22.9. The molecule has 0 rings (SSSR count). The van der Waals surface area contributed by atoms with Crippen molar-refractivity contribution in [1.29, 1.82) is 0 Å². The largest absolute Gasteiger partial charge is 0.748 e. The van der Waals surface area contributed by atoms with E-state index in [2.05, 4.69) is 6.92 Å². The molecule has 3 nitrogen and oxygen atoms in total. The van der Waals surface area contributed by atoms with Crippen LogP contribution in [0.4, 0.5) is 0 Å². The lowest BCUT2D eigenvalue weighted by Crippen LogP contribution is -2.03. The molecule has 0 radical (unpaired) electrons. The van der Waals surface area contributed by atoms with Crippen LogP contribution in [0.2, 0.25) is 0 Å². The Morgan fingerprint density at radius 3 is 1.04 bits per heavy atom. The molecule has 0 aromatic carbocycles. The number of unbranched alkanes of at least 4 members (excludes halogenated alkanes) is 16. The van der Waals surface area contributed by atoms with Crippen molar-refractivity contribution in [1.82, 2.24) is 0 Å². The molecule has 0 unspecified atom stereocenters. The van der Waals surface area contributed by atoms with Crippen LogP contribution in [0.15, 0.2) is 0 Å². The average Bonchev–Trinajstić information content (AvgIpc) is 2.49. The van der Waals surface area contributed by atoms with Crippen molar-refractivity contribution >= 4 is 10.1 Å². The van der Waals surface area contributed by atoms with Crippen molar-refractivity contribution in [3.05, 3.63) is 0 Å². The molecule has 0 aliphatic heterocycles. The molecular formula is C19H39O3S-. The Balaban J connectivity index is 3.03. The van der Waals surface area contributed by atoms with E-state index in [-0.39, 0.29) is 5.75 Å². The maximum absolute atomic E-state index is 10.4. The molecule has 0 amide bonds. The monoisotopic (exact) mass is 347 g/mol. The van der Waals surface area contributed by atoms with Gasteiger partial charge in [-0.15, -0.1) is 0 Å². The van der Waals surface area contributed by atoms with Crippen LogP contribution in [0.3, 0.4) is 0 Å². The minimum Gasteiger partial charge on any atom is -0.748 e. The lowest BCUT2D eigenvalue weighted by atomic mass is 10.0. The molecule has 0 spiro atoms. The van der Waals surface area contributed by atoms with Crippen LogP contribution in [-0.2, 0) is 10.1 Å². The standard InChI is InChI=1S/C19H40O3S/c1-2-3-4-5-6-7-8-9-10-11-12-13-14-15-16-17-18-19-23(20,21)22/h2-19H2,1H3,(H,20,21,22)/p-1. The highest BCUT2D eigenvalue weighted by molar-refractivity contribution is 7.85. The van der Waals surface area contributed by atoms with Gasteiger partial charge in [-0.1, -0.05) is 110 Å². The fraction of sp³-hybridized carbons (Fsp3) is 1.00. The van der Waals surface area contributed by atoms with Crippen molar-refractivity contribution in [2.24, 2.45) is 0 Å². The Bertz CT molecular complexity index is 326. The molecule has 140 valence electrons. The van der Waals surface area contributed by atoms with E-state index in [4.69, 9.17) is 0 Å². The van der Waals surface area contributed by atoms with Gasteiger partial charge in [0.1, 0.15) is 0 Å². The van der Waals surface area contributed by atoms with E-state index >= 15 is 0 Å². The second-order valence-electron chi connectivity index (χ2n) is 6.92. The molecule has 0 fully saturated rings. The summed E-state index contributed by atoms with van der Waals surface area (Å²) in [7, 11) is -3.99. The first-order valence-corrected chi connectivity index (χ1v) is 11.6. The highest BCUT2D eigenvalue weighted by Gasteiger charge is 1.97. The van der Waals surface area contributed by atoms with E-state index in [0.29, 0.717) is 6.42 Å². The maximum atomic E-state index is 10.4. The van der Waals surface area contributed by atoms with Crippen LogP contribution in [-0.4, -0.2) is 18.7 Å². The zero-order valence-corrected chi connectivity index (χ0v) is 16.2. The van der Waals surface area contributed by atoms with Gasteiger partial charge in [-0.05, 0) is 6.42 Å². The zero-order valence-electron chi connectivity index (χ0n) is 15.4. The summed E-state index contributed by atoms with van der Waals surface area (Å²) < 4.78 is 31.3. The first-order chi connectivity index (χ1) is 11.1. The van der Waals surface area contributed by atoms with Gasteiger partial charge in [0.2, 0.25) is 0 Å². The molecule has 4 heteroatoms. The highest BCUT2D eigenvalue weighted by Crippen LogP contribution is 2.14. The van der Waals surface area contributed by atoms with E-state index in [9.17, 15) is 13.0 Å². The summed E-state index contributed by atoms with van der Waals surface area (Å²) in [5.74, 6) is -0.189. The minimum absolute atomic E-state index is 0.189. The summed E-state index contributed by atoms with van der Waals surface area (Å²) >= 11 is 0. The van der Waals surface area contributed by atoms with Gasteiger partial charge in [0.15, 0.2) is 0 Å². The third-order valence-corrected chi connectivity index (χ3v) is 5.29. The van der Waals surface area contributed by atoms with E-state index < -0.39 is 10.1 Å². The molecule has 0 aliphatic carbocycles. The van der Waals surface area contributed by atoms with Crippen molar-refractivity contribution in [3.8, 4) is 0 Å². The summed E-state index contributed by atoms with van der Waals surface area (Å²) in [6.45, 7) is 2.27. The van der Waals surface area contributed by atoms with E-state index in [1.165, 1.54) is 89.9 Å². The van der Waals surface area contributed by atoms with Crippen LogP contribution in [0.5, 0.6) is 0 Å². The third kappa shape index (κ3) is 21.9. The summed E-state index contributed by atoms with van der Waals surface area (Å²) in [6.07, 6.45) is 21.5. The van der Waals surface area contributed by atoms with Gasteiger partial charge in [0, 0.05) is 5.75 Å². The van der Waals surface area contributed by atoms with Crippen molar-refractivity contribution < 1.29 is 13.0 Å². The number of hydrogen-bond donors (Lipinski definition) is 0. The summed E-state index contributed by atoms with van der Waals surface area (Å²) in [6, 6.07) is 0. The first-order valence-electron chi connectivity index (χ1n) is 10.00. The Kier molecular flexibility index (Phi) is 16.7.